The number of ether oxygens (including phenoxy) is 3. The van der Waals surface area contributed by atoms with Crippen LogP contribution in [0, 0.1) is 11.8 Å². The van der Waals surface area contributed by atoms with Gasteiger partial charge in [-0.3, -0.25) is 9.59 Å². The largest absolute Gasteiger partial charge is 0.458 e. The Hall–Kier alpha value is -2.63. The summed E-state index contributed by atoms with van der Waals surface area (Å²) >= 11 is 0. The summed E-state index contributed by atoms with van der Waals surface area (Å²) in [6.45, 7) is 15.6. The smallest absolute Gasteiger partial charge is 0.333 e. The Bertz CT molecular complexity index is 758. The van der Waals surface area contributed by atoms with Crippen LogP contribution in [0.4, 0.5) is 0 Å². The zero-order chi connectivity index (χ0) is 23.0. The van der Waals surface area contributed by atoms with E-state index in [2.05, 4.69) is 6.58 Å². The molecule has 30 heavy (non-hydrogen) atoms. The van der Waals surface area contributed by atoms with Gasteiger partial charge in [0.25, 0.3) is 0 Å². The van der Waals surface area contributed by atoms with Gasteiger partial charge in [-0.05, 0) is 51.7 Å². The molecule has 0 saturated carbocycles. The van der Waals surface area contributed by atoms with E-state index in [1.54, 1.807) is 32.9 Å². The summed E-state index contributed by atoms with van der Waals surface area (Å²) in [6, 6.07) is 0. The average molecular weight is 419 g/mol. The molecule has 6 heteroatoms. The zero-order valence-electron chi connectivity index (χ0n) is 19.1. The molecule has 0 unspecified atom stereocenters. The van der Waals surface area contributed by atoms with Crippen molar-refractivity contribution in [3.8, 4) is 0 Å². The molecule has 0 bridgehead atoms. The van der Waals surface area contributed by atoms with E-state index in [0.717, 1.165) is 5.57 Å². The Labute approximate surface area is 179 Å². The molecule has 1 aliphatic carbocycles. The number of allylic oxidation sites excluding steroid dienone is 4. The van der Waals surface area contributed by atoms with Crippen molar-refractivity contribution < 1.29 is 28.6 Å². The Morgan fingerprint density at radius 1 is 1.10 bits per heavy atom. The lowest BCUT2D eigenvalue weighted by Gasteiger charge is -2.42. The summed E-state index contributed by atoms with van der Waals surface area (Å²) in [5, 5.41) is 0. The van der Waals surface area contributed by atoms with Crippen molar-refractivity contribution in [2.24, 2.45) is 11.8 Å². The second-order valence-electron chi connectivity index (χ2n) is 7.90. The molecule has 0 aromatic carbocycles. The van der Waals surface area contributed by atoms with E-state index in [-0.39, 0.29) is 5.92 Å². The monoisotopic (exact) mass is 418 g/mol. The fourth-order valence-electron chi connectivity index (χ4n) is 3.52. The van der Waals surface area contributed by atoms with Crippen LogP contribution < -0.4 is 0 Å². The highest BCUT2D eigenvalue weighted by molar-refractivity contribution is 5.87. The third kappa shape index (κ3) is 7.32. The van der Waals surface area contributed by atoms with Crippen LogP contribution in [0.2, 0.25) is 0 Å². The van der Waals surface area contributed by atoms with E-state index >= 15 is 0 Å². The molecule has 0 spiro atoms. The van der Waals surface area contributed by atoms with E-state index in [4.69, 9.17) is 14.2 Å². The molecule has 0 aromatic heterocycles. The molecular weight excluding hydrogens is 384 g/mol. The van der Waals surface area contributed by atoms with Gasteiger partial charge in [-0.2, -0.15) is 0 Å². The average Bonchev–Trinajstić information content (AvgIpc) is 2.62. The van der Waals surface area contributed by atoms with Crippen LogP contribution in [0.3, 0.4) is 0 Å². The second-order valence-corrected chi connectivity index (χ2v) is 7.90. The van der Waals surface area contributed by atoms with Gasteiger partial charge < -0.3 is 14.2 Å². The highest BCUT2D eigenvalue weighted by Crippen LogP contribution is 2.37. The summed E-state index contributed by atoms with van der Waals surface area (Å²) in [4.78, 5) is 36.0. The van der Waals surface area contributed by atoms with Gasteiger partial charge >= 0.3 is 17.9 Å². The molecule has 0 amide bonds. The minimum Gasteiger partial charge on any atom is -0.458 e. The van der Waals surface area contributed by atoms with E-state index < -0.39 is 42.1 Å². The minimum atomic E-state index is -0.770. The molecule has 0 heterocycles. The number of hydrogen-bond donors (Lipinski definition) is 0. The van der Waals surface area contributed by atoms with Gasteiger partial charge in [0, 0.05) is 25.3 Å². The van der Waals surface area contributed by atoms with Crippen LogP contribution >= 0.6 is 0 Å². The number of esters is 3. The Morgan fingerprint density at radius 2 is 1.70 bits per heavy atom. The number of rotatable bonds is 8. The number of carbonyl (C=O) groups is 3. The van der Waals surface area contributed by atoms with Crippen molar-refractivity contribution in [3.05, 3.63) is 47.6 Å². The number of carbonyl (C=O) groups excluding carboxylic acids is 3. The summed E-state index contributed by atoms with van der Waals surface area (Å²) in [7, 11) is 0. The highest BCUT2D eigenvalue weighted by atomic mass is 16.6. The zero-order valence-corrected chi connectivity index (χ0v) is 19.1. The van der Waals surface area contributed by atoms with Crippen LogP contribution in [0.1, 0.15) is 54.9 Å². The normalized spacial score (nSPS) is 25.3. The molecule has 0 fully saturated rings. The topological polar surface area (TPSA) is 78.9 Å². The predicted molar refractivity (Wildman–Crippen MR) is 115 cm³/mol. The van der Waals surface area contributed by atoms with Crippen molar-refractivity contribution in [2.75, 3.05) is 0 Å². The quantitative estimate of drug-likeness (QED) is 0.190. The lowest BCUT2D eigenvalue weighted by Crippen LogP contribution is -2.51. The first-order chi connectivity index (χ1) is 14.0. The third-order valence-electron chi connectivity index (χ3n) is 5.09. The minimum absolute atomic E-state index is 0.0453. The van der Waals surface area contributed by atoms with E-state index in [0.29, 0.717) is 17.6 Å². The van der Waals surface area contributed by atoms with Crippen molar-refractivity contribution in [1.29, 1.82) is 0 Å². The highest BCUT2D eigenvalue weighted by Gasteiger charge is 2.46. The Kier molecular flexibility index (Phi) is 9.76. The van der Waals surface area contributed by atoms with Gasteiger partial charge in [0.1, 0.15) is 12.2 Å². The van der Waals surface area contributed by atoms with E-state index in [1.165, 1.54) is 13.8 Å². The molecule has 0 N–H and O–H groups in total. The van der Waals surface area contributed by atoms with Crippen molar-refractivity contribution >= 4 is 17.9 Å². The van der Waals surface area contributed by atoms with Crippen LogP contribution in [0.5, 0.6) is 0 Å². The molecule has 1 aliphatic rings. The summed E-state index contributed by atoms with van der Waals surface area (Å²) in [6.07, 6.45) is 5.88. The molecule has 0 saturated heterocycles. The summed E-state index contributed by atoms with van der Waals surface area (Å²) < 4.78 is 16.9. The first kappa shape index (κ1) is 25.4. The summed E-state index contributed by atoms with van der Waals surface area (Å²) in [5.41, 5.74) is 2.08. The van der Waals surface area contributed by atoms with Crippen LogP contribution in [0.15, 0.2) is 47.6 Å². The Balaban J connectivity index is 3.39. The van der Waals surface area contributed by atoms with Gasteiger partial charge in [0.2, 0.25) is 0 Å². The van der Waals surface area contributed by atoms with Crippen molar-refractivity contribution in [1.82, 2.24) is 0 Å². The van der Waals surface area contributed by atoms with Crippen LogP contribution in [-0.4, -0.2) is 36.2 Å². The van der Waals surface area contributed by atoms with Gasteiger partial charge in [-0.25, -0.2) is 4.79 Å². The van der Waals surface area contributed by atoms with Gasteiger partial charge in [0.15, 0.2) is 6.10 Å². The standard InChI is InChI=1S/C24H34O6/c1-9-15(4)24(27)30-20-13-17(6)22(28-18(7)25)23(29-19(8)26)21(20)16(5)12-10-11-14(2)3/h9-11,13,16,20-23H,2,12H2,1,3-8H3/t16-,20+,21-,22-,23+/m1/s1. The summed E-state index contributed by atoms with van der Waals surface area (Å²) in [5.74, 6) is -1.84. The molecule has 166 valence electrons. The maximum absolute atomic E-state index is 12.5. The molecule has 0 radical (unpaired) electrons. The fourth-order valence-corrected chi connectivity index (χ4v) is 3.52. The molecule has 6 nitrogen and oxygen atoms in total. The van der Waals surface area contributed by atoms with Crippen LogP contribution in [0.25, 0.3) is 0 Å². The first-order valence-corrected chi connectivity index (χ1v) is 10.2. The molecule has 0 aromatic rings. The van der Waals surface area contributed by atoms with Crippen molar-refractivity contribution in [2.45, 2.75) is 73.2 Å². The lowest BCUT2D eigenvalue weighted by atomic mass is 9.74. The van der Waals surface area contributed by atoms with E-state index in [9.17, 15) is 14.4 Å². The van der Waals surface area contributed by atoms with Crippen LogP contribution in [-0.2, 0) is 28.6 Å². The van der Waals surface area contributed by atoms with Gasteiger partial charge in [-0.15, -0.1) is 0 Å². The molecule has 0 aliphatic heterocycles. The van der Waals surface area contributed by atoms with Gasteiger partial charge in [-0.1, -0.05) is 37.3 Å². The first-order valence-electron chi connectivity index (χ1n) is 10.2. The fraction of sp³-hybridized carbons (Fsp3) is 0.542. The second kappa shape index (κ2) is 11.5. The Morgan fingerprint density at radius 3 is 2.20 bits per heavy atom. The molecule has 1 rings (SSSR count). The van der Waals surface area contributed by atoms with Gasteiger partial charge in [0.05, 0.1) is 0 Å². The predicted octanol–water partition coefficient (Wildman–Crippen LogP) is 4.46. The van der Waals surface area contributed by atoms with E-state index in [1.807, 2.05) is 26.0 Å². The number of hydrogen-bond acceptors (Lipinski definition) is 6. The molecular formula is C24H34O6. The maximum Gasteiger partial charge on any atom is 0.333 e. The third-order valence-corrected chi connectivity index (χ3v) is 5.09. The lowest BCUT2D eigenvalue weighted by molar-refractivity contribution is -0.177. The molecule has 5 atom stereocenters. The maximum atomic E-state index is 12.5. The van der Waals surface area contributed by atoms with Crippen molar-refractivity contribution in [3.63, 3.8) is 0 Å². The SMILES string of the molecule is C=C(C)C=CC[C@@H](C)[C@H]1[C@H](OC(C)=O)[C@H](OC(C)=O)C(C)=C[C@@H]1OC(=O)C(C)=CC.